The number of fused-ring (bicyclic) bond motifs is 3. The summed E-state index contributed by atoms with van der Waals surface area (Å²) >= 11 is 1.69. The Kier molecular flexibility index (Phi) is 12.8. The molecule has 0 nitrogen and oxygen atoms in total. The van der Waals surface area contributed by atoms with Crippen molar-refractivity contribution < 1.29 is 49.0 Å². The number of rotatable bonds is 0. The molecule has 0 heterocycles. The maximum atomic E-state index is 3.40. The van der Waals surface area contributed by atoms with Crippen molar-refractivity contribution in [1.82, 2.24) is 0 Å². The second-order valence-corrected chi connectivity index (χ2v) is 11.7. The van der Waals surface area contributed by atoms with E-state index in [4.69, 9.17) is 0 Å². The molecule has 5 rings (SSSR count). The summed E-state index contributed by atoms with van der Waals surface area (Å²) in [6, 6.07) is 18.1. The van der Waals surface area contributed by atoms with E-state index >= 15 is 0 Å². The third-order valence-electron chi connectivity index (χ3n) is 6.15. The van der Waals surface area contributed by atoms with Gasteiger partial charge >= 0.3 is 59.5 Å². The summed E-state index contributed by atoms with van der Waals surface area (Å²) in [7, 11) is 0. The molecule has 1 saturated carbocycles. The Bertz CT molecular complexity index is 927. The predicted octanol–water partition coefficient (Wildman–Crippen LogP) is 2.09. The van der Waals surface area contributed by atoms with Crippen LogP contribution >= 0.6 is 0 Å². The summed E-state index contributed by atoms with van der Waals surface area (Å²) in [6.45, 7) is 11.1. The predicted molar refractivity (Wildman–Crippen MR) is 131 cm³/mol. The van der Waals surface area contributed by atoms with Crippen molar-refractivity contribution in [1.29, 1.82) is 0 Å². The van der Waals surface area contributed by atoms with Crippen LogP contribution in [0.4, 0.5) is 0 Å². The molecule has 1 atom stereocenters. The molecule has 0 aromatic heterocycles. The largest absolute Gasteiger partial charge is 0.179 e. The molecule has 1 unspecified atom stereocenters. The summed E-state index contributed by atoms with van der Waals surface area (Å²) in [5, 5.41) is 0. The first-order valence-electron chi connectivity index (χ1n) is 11.7. The minimum Gasteiger partial charge on any atom is -0.179 e. The Hall–Kier alpha value is -0.747. The summed E-state index contributed by atoms with van der Waals surface area (Å²) < 4.78 is 1.80. The van der Waals surface area contributed by atoms with Crippen molar-refractivity contribution in [2.45, 2.75) is 73.1 Å². The van der Waals surface area contributed by atoms with Gasteiger partial charge in [-0.2, -0.15) is 41.5 Å². The molecular weight excluding hydrogens is 522 g/mol. The second kappa shape index (κ2) is 14.0. The number of benzene rings is 2. The van der Waals surface area contributed by atoms with Crippen molar-refractivity contribution >= 4 is 3.21 Å². The average Bonchev–Trinajstić information content (AvgIpc) is 3.28. The van der Waals surface area contributed by atoms with Crippen molar-refractivity contribution in [2.75, 3.05) is 0 Å². The molecule has 0 radical (unpaired) electrons. The van der Waals surface area contributed by atoms with Crippen molar-refractivity contribution in [3.8, 4) is 11.1 Å². The molecule has 0 amide bonds. The third-order valence-corrected chi connectivity index (χ3v) is 7.38. The van der Waals surface area contributed by atoms with Crippen LogP contribution in [0.3, 0.4) is 0 Å². The van der Waals surface area contributed by atoms with E-state index in [0.717, 1.165) is 6.42 Å². The van der Waals surface area contributed by atoms with E-state index in [9.17, 15) is 0 Å². The fraction of sp³-hybridized carbons (Fsp3) is 0.433. The van der Waals surface area contributed by atoms with Crippen LogP contribution in [0.15, 0.2) is 59.7 Å². The van der Waals surface area contributed by atoms with Gasteiger partial charge < -0.3 is 24.8 Å². The fourth-order valence-corrected chi connectivity index (χ4v) is 5.49. The zero-order valence-electron chi connectivity index (χ0n) is 20.7. The number of allylic oxidation sites excluding steroid dienone is 4. The van der Waals surface area contributed by atoms with Gasteiger partial charge in [0.1, 0.15) is 0 Å². The van der Waals surface area contributed by atoms with Crippen LogP contribution in [-0.4, -0.2) is 3.21 Å². The van der Waals surface area contributed by atoms with Crippen LogP contribution < -0.4 is 24.8 Å². The molecule has 2 aromatic carbocycles. The monoisotopic (exact) mass is 556 g/mol. The van der Waals surface area contributed by atoms with Gasteiger partial charge in [0.2, 0.25) is 0 Å². The van der Waals surface area contributed by atoms with Crippen LogP contribution in [-0.2, 0) is 30.7 Å². The minimum atomic E-state index is 0. The molecule has 0 saturated heterocycles. The van der Waals surface area contributed by atoms with Crippen LogP contribution in [0.1, 0.15) is 77.8 Å². The first kappa shape index (κ1) is 30.3. The summed E-state index contributed by atoms with van der Waals surface area (Å²) in [6.07, 6.45) is 14.1. The molecule has 33 heavy (non-hydrogen) atoms. The number of hydrogen-bond donors (Lipinski definition) is 0. The van der Waals surface area contributed by atoms with E-state index in [-0.39, 0.29) is 24.8 Å². The average molecular weight is 559 g/mol. The summed E-state index contributed by atoms with van der Waals surface area (Å²) in [5.74, 6) is 0.518. The molecule has 0 spiro atoms. The van der Waals surface area contributed by atoms with Crippen LogP contribution in [0.2, 0.25) is 0 Å². The molecule has 3 heteroatoms. The van der Waals surface area contributed by atoms with Crippen molar-refractivity contribution in [3.63, 3.8) is 0 Å². The van der Waals surface area contributed by atoms with E-state index in [1.807, 2.05) is 6.07 Å². The van der Waals surface area contributed by atoms with Crippen molar-refractivity contribution in [2.24, 2.45) is 11.3 Å². The van der Waals surface area contributed by atoms with E-state index < -0.39 is 0 Å². The Morgan fingerprint density at radius 3 is 2.06 bits per heavy atom. The molecule has 1 fully saturated rings. The van der Waals surface area contributed by atoms with Crippen LogP contribution in [0, 0.1) is 23.5 Å². The van der Waals surface area contributed by atoms with Gasteiger partial charge in [0.25, 0.3) is 0 Å². The van der Waals surface area contributed by atoms with E-state index in [0.29, 0.717) is 11.3 Å². The summed E-state index contributed by atoms with van der Waals surface area (Å²) in [5.41, 5.74) is 8.60. The van der Waals surface area contributed by atoms with Gasteiger partial charge in [-0.25, -0.2) is 5.57 Å². The standard InChI is InChI=1S/C13H9.C11H17.C6H10.2ClH.Zr/c1-3-7-12-10(5-1)9-11-6-2-4-8-13(11)12;1-8-6-9(2)10(7-8)11(3,4)5;1-2-4-6-5-3-1;;;/h1-5,7-8H,9H2;7-8H,1-5H3;1-5H2;2*1H;/q2*-1;;;;+2/p-2. The van der Waals surface area contributed by atoms with Gasteiger partial charge in [-0.3, -0.25) is 6.08 Å². The zero-order chi connectivity index (χ0) is 22.4. The van der Waals surface area contributed by atoms with E-state index in [1.165, 1.54) is 65.5 Å². The molecule has 0 N–H and O–H groups in total. The number of halogens is 2. The van der Waals surface area contributed by atoms with Gasteiger partial charge in [0.15, 0.2) is 0 Å². The van der Waals surface area contributed by atoms with Gasteiger partial charge in [0, 0.05) is 0 Å². The smallest absolute Gasteiger partial charge is 0.0253 e. The molecule has 2 aromatic rings. The van der Waals surface area contributed by atoms with Gasteiger partial charge in [-0.15, -0.1) is 5.56 Å². The SMILES string of the molecule is CC1=[C-]C(C)C=C1C(C)(C)C.[Cl-].[Cl-].[Zr+2]=[C]1CCCCC1.[c-]1cccc2c1Cc1ccccc1-2. The molecular formula is C30H36Cl2Zr-2. The van der Waals surface area contributed by atoms with Gasteiger partial charge in [-0.1, -0.05) is 81.3 Å². The first-order valence-corrected chi connectivity index (χ1v) is 13.0. The molecule has 3 aliphatic rings. The Morgan fingerprint density at radius 1 is 0.909 bits per heavy atom. The van der Waals surface area contributed by atoms with E-state index in [1.54, 1.807) is 27.4 Å². The van der Waals surface area contributed by atoms with Crippen LogP contribution in [0.5, 0.6) is 0 Å². The zero-order valence-corrected chi connectivity index (χ0v) is 24.7. The normalized spacial score (nSPS) is 18.0. The van der Waals surface area contributed by atoms with Gasteiger partial charge in [-0.05, 0) is 6.42 Å². The molecule has 0 aliphatic heterocycles. The fourth-order valence-electron chi connectivity index (χ4n) is 4.62. The Labute approximate surface area is 229 Å². The first-order chi connectivity index (χ1) is 14.8. The molecule has 3 aliphatic carbocycles. The maximum Gasteiger partial charge on any atom is -0.0253 e. The second-order valence-electron chi connectivity index (χ2n) is 9.95. The van der Waals surface area contributed by atoms with Gasteiger partial charge in [0.05, 0.1) is 0 Å². The quantitative estimate of drug-likeness (QED) is 0.371. The Morgan fingerprint density at radius 2 is 1.55 bits per heavy atom. The van der Waals surface area contributed by atoms with Crippen LogP contribution in [0.25, 0.3) is 11.1 Å². The van der Waals surface area contributed by atoms with Crippen molar-refractivity contribution in [3.05, 3.63) is 83.0 Å². The topological polar surface area (TPSA) is 0 Å². The third kappa shape index (κ3) is 8.76. The molecule has 176 valence electrons. The summed E-state index contributed by atoms with van der Waals surface area (Å²) in [4.78, 5) is 0. The maximum absolute atomic E-state index is 3.40. The number of hydrogen-bond acceptors (Lipinski definition) is 0. The van der Waals surface area contributed by atoms with E-state index in [2.05, 4.69) is 89.2 Å². The Balaban J connectivity index is 0.000000251. The minimum absolute atomic E-state index is 0. The molecule has 0 bridgehead atoms.